The third kappa shape index (κ3) is 3.16. The number of aliphatic hydroxyl groups excluding tert-OH is 2. The zero-order chi connectivity index (χ0) is 14.0. The average molecular weight is 272 g/mol. The van der Waals surface area contributed by atoms with Crippen LogP contribution in [0.4, 0.5) is 4.79 Å². The first-order valence-electron chi connectivity index (χ1n) is 6.65. The molecule has 108 valence electrons. The second kappa shape index (κ2) is 5.75. The third-order valence-electron chi connectivity index (χ3n) is 3.86. The molecule has 7 nitrogen and oxygen atoms in total. The molecule has 19 heavy (non-hydrogen) atoms. The van der Waals surface area contributed by atoms with Crippen molar-refractivity contribution in [3.63, 3.8) is 0 Å². The van der Waals surface area contributed by atoms with E-state index in [0.717, 1.165) is 17.7 Å². The molecule has 0 bridgehead atoms. The number of amides is 2. The van der Waals surface area contributed by atoms with Crippen LogP contribution >= 0.6 is 0 Å². The summed E-state index contributed by atoms with van der Waals surface area (Å²) in [7, 11) is 0. The molecule has 1 saturated carbocycles. The van der Waals surface area contributed by atoms with E-state index in [2.05, 4.69) is 5.32 Å². The number of carbonyl (C=O) groups is 2. The van der Waals surface area contributed by atoms with Crippen LogP contribution in [0.5, 0.6) is 0 Å². The Hall–Kier alpha value is -1.34. The number of urea groups is 1. The van der Waals surface area contributed by atoms with Gasteiger partial charge in [0.15, 0.2) is 0 Å². The number of hydrogen-bond acceptors (Lipinski definition) is 4. The Morgan fingerprint density at radius 1 is 1.16 bits per heavy atom. The van der Waals surface area contributed by atoms with Gasteiger partial charge < -0.3 is 25.5 Å². The van der Waals surface area contributed by atoms with E-state index in [1.54, 1.807) is 0 Å². The summed E-state index contributed by atoms with van der Waals surface area (Å²) < 4.78 is 0. The molecule has 0 aromatic rings. The number of nitrogens with one attached hydrogen (secondary N) is 1. The first-order valence-corrected chi connectivity index (χ1v) is 6.65. The molecule has 0 aromatic heterocycles. The minimum atomic E-state index is -1.11. The van der Waals surface area contributed by atoms with E-state index >= 15 is 0 Å². The molecule has 2 rings (SSSR count). The van der Waals surface area contributed by atoms with Crippen molar-refractivity contribution in [1.82, 2.24) is 10.2 Å². The van der Waals surface area contributed by atoms with Gasteiger partial charge in [0.05, 0.1) is 18.2 Å². The molecule has 1 aliphatic heterocycles. The Morgan fingerprint density at radius 3 is 2.47 bits per heavy atom. The molecule has 0 radical (unpaired) electrons. The van der Waals surface area contributed by atoms with Gasteiger partial charge in [-0.2, -0.15) is 0 Å². The van der Waals surface area contributed by atoms with Crippen LogP contribution in [0.3, 0.4) is 0 Å². The van der Waals surface area contributed by atoms with Gasteiger partial charge in [-0.05, 0) is 12.8 Å². The Morgan fingerprint density at radius 2 is 1.84 bits per heavy atom. The summed E-state index contributed by atoms with van der Waals surface area (Å²) in [5, 5.41) is 31.0. The second-order valence-corrected chi connectivity index (χ2v) is 5.30. The van der Waals surface area contributed by atoms with Crippen LogP contribution in [0.2, 0.25) is 0 Å². The van der Waals surface area contributed by atoms with Crippen LogP contribution in [-0.2, 0) is 4.79 Å². The SMILES string of the molecule is O=C(O)[C@@H]1CC(O)CN1C(=O)NC1CCCCC1O. The van der Waals surface area contributed by atoms with Gasteiger partial charge in [0.2, 0.25) is 0 Å². The van der Waals surface area contributed by atoms with Crippen LogP contribution in [0, 0.1) is 0 Å². The second-order valence-electron chi connectivity index (χ2n) is 5.30. The molecule has 3 unspecified atom stereocenters. The number of carboxylic acids is 1. The number of β-amino-alcohol motifs (C(OH)–C–C–N with tert-alkyl or cyclic N) is 1. The van der Waals surface area contributed by atoms with Gasteiger partial charge in [0.25, 0.3) is 0 Å². The predicted molar refractivity (Wildman–Crippen MR) is 65.5 cm³/mol. The van der Waals surface area contributed by atoms with Crippen LogP contribution < -0.4 is 5.32 Å². The summed E-state index contributed by atoms with van der Waals surface area (Å²) in [6.45, 7) is 0.0195. The molecule has 2 amide bonds. The van der Waals surface area contributed by atoms with Gasteiger partial charge in [-0.3, -0.25) is 0 Å². The molecule has 4 atom stereocenters. The summed E-state index contributed by atoms with van der Waals surface area (Å²) >= 11 is 0. The van der Waals surface area contributed by atoms with Crippen molar-refractivity contribution >= 4 is 12.0 Å². The third-order valence-corrected chi connectivity index (χ3v) is 3.86. The van der Waals surface area contributed by atoms with E-state index in [1.807, 2.05) is 0 Å². The lowest BCUT2D eigenvalue weighted by Gasteiger charge is -2.31. The average Bonchev–Trinajstić information content (AvgIpc) is 2.74. The number of rotatable bonds is 2. The van der Waals surface area contributed by atoms with Gasteiger partial charge in [-0.25, -0.2) is 9.59 Å². The standard InChI is InChI=1S/C12H20N2O5/c15-7-5-9(11(17)18)14(6-7)12(19)13-8-3-1-2-4-10(8)16/h7-10,15-16H,1-6H2,(H,13,19)(H,17,18)/t7?,8?,9-,10?/m0/s1. The quantitative estimate of drug-likeness (QED) is 0.542. The zero-order valence-electron chi connectivity index (χ0n) is 10.7. The van der Waals surface area contributed by atoms with Gasteiger partial charge in [-0.1, -0.05) is 12.8 Å². The maximum Gasteiger partial charge on any atom is 0.326 e. The van der Waals surface area contributed by atoms with Crippen molar-refractivity contribution in [2.75, 3.05) is 6.54 Å². The largest absolute Gasteiger partial charge is 0.480 e. The highest BCUT2D eigenvalue weighted by molar-refractivity contribution is 5.83. The molecule has 2 fully saturated rings. The number of likely N-dealkylation sites (tertiary alicyclic amines) is 1. The van der Waals surface area contributed by atoms with Gasteiger partial charge in [0.1, 0.15) is 6.04 Å². The Bertz CT molecular complexity index is 362. The number of carbonyl (C=O) groups excluding carboxylic acids is 1. The molecular formula is C12H20N2O5. The Kier molecular flexibility index (Phi) is 4.26. The van der Waals surface area contributed by atoms with Crippen LogP contribution in [-0.4, -0.2) is 63.1 Å². The fraction of sp³-hybridized carbons (Fsp3) is 0.833. The first-order chi connectivity index (χ1) is 8.99. The normalized spacial score (nSPS) is 35.2. The lowest BCUT2D eigenvalue weighted by Crippen LogP contribution is -2.53. The van der Waals surface area contributed by atoms with Crippen molar-refractivity contribution in [2.24, 2.45) is 0 Å². The number of aliphatic carboxylic acids is 1. The van der Waals surface area contributed by atoms with E-state index in [9.17, 15) is 19.8 Å². The summed E-state index contributed by atoms with van der Waals surface area (Å²) in [5.74, 6) is -1.11. The van der Waals surface area contributed by atoms with Crippen molar-refractivity contribution in [3.05, 3.63) is 0 Å². The lowest BCUT2D eigenvalue weighted by molar-refractivity contribution is -0.141. The van der Waals surface area contributed by atoms with E-state index in [0.29, 0.717) is 12.8 Å². The minimum absolute atomic E-state index is 0.0195. The Labute approximate surface area is 111 Å². The topological polar surface area (TPSA) is 110 Å². The number of nitrogens with zero attached hydrogens (tertiary/aromatic N) is 1. The van der Waals surface area contributed by atoms with E-state index in [1.165, 1.54) is 0 Å². The van der Waals surface area contributed by atoms with Crippen molar-refractivity contribution in [2.45, 2.75) is 56.4 Å². The molecule has 1 heterocycles. The van der Waals surface area contributed by atoms with Gasteiger partial charge >= 0.3 is 12.0 Å². The van der Waals surface area contributed by atoms with Crippen molar-refractivity contribution < 1.29 is 24.9 Å². The van der Waals surface area contributed by atoms with Gasteiger partial charge in [0, 0.05) is 13.0 Å². The maximum absolute atomic E-state index is 12.0. The lowest BCUT2D eigenvalue weighted by atomic mass is 9.93. The van der Waals surface area contributed by atoms with Crippen LogP contribution in [0.25, 0.3) is 0 Å². The van der Waals surface area contributed by atoms with Crippen molar-refractivity contribution in [1.29, 1.82) is 0 Å². The fourth-order valence-electron chi connectivity index (χ4n) is 2.79. The first kappa shape index (κ1) is 14.1. The molecule has 0 aromatic carbocycles. The fourth-order valence-corrected chi connectivity index (χ4v) is 2.79. The summed E-state index contributed by atoms with van der Waals surface area (Å²) in [6.07, 6.45) is 1.89. The summed E-state index contributed by atoms with van der Waals surface area (Å²) in [5.41, 5.74) is 0. The van der Waals surface area contributed by atoms with Gasteiger partial charge in [-0.15, -0.1) is 0 Å². The highest BCUT2D eigenvalue weighted by atomic mass is 16.4. The van der Waals surface area contributed by atoms with Crippen LogP contribution in [0.1, 0.15) is 32.1 Å². The Balaban J connectivity index is 1.96. The molecule has 1 saturated heterocycles. The smallest absolute Gasteiger partial charge is 0.326 e. The van der Waals surface area contributed by atoms with Crippen LogP contribution in [0.15, 0.2) is 0 Å². The number of aliphatic hydroxyl groups is 2. The van der Waals surface area contributed by atoms with E-state index in [4.69, 9.17) is 5.11 Å². The maximum atomic E-state index is 12.0. The highest BCUT2D eigenvalue weighted by Crippen LogP contribution is 2.21. The van der Waals surface area contributed by atoms with E-state index in [-0.39, 0.29) is 19.0 Å². The molecule has 4 N–H and O–H groups in total. The van der Waals surface area contributed by atoms with E-state index < -0.39 is 30.3 Å². The summed E-state index contributed by atoms with van der Waals surface area (Å²) in [6, 6.07) is -1.83. The monoisotopic (exact) mass is 272 g/mol. The number of carboxylic acid groups (broad SMARTS) is 1. The zero-order valence-corrected chi connectivity index (χ0v) is 10.7. The molecule has 7 heteroatoms. The predicted octanol–water partition coefficient (Wildman–Crippen LogP) is -0.481. The molecular weight excluding hydrogens is 252 g/mol. The minimum Gasteiger partial charge on any atom is -0.480 e. The molecule has 0 spiro atoms. The summed E-state index contributed by atoms with van der Waals surface area (Å²) in [4.78, 5) is 24.2. The molecule has 1 aliphatic carbocycles. The number of hydrogen-bond donors (Lipinski definition) is 4. The highest BCUT2D eigenvalue weighted by Gasteiger charge is 2.40. The molecule has 2 aliphatic rings. The van der Waals surface area contributed by atoms with Crippen molar-refractivity contribution in [3.8, 4) is 0 Å².